The van der Waals surface area contributed by atoms with E-state index in [0.717, 1.165) is 16.4 Å². The molecule has 0 fully saturated rings. The summed E-state index contributed by atoms with van der Waals surface area (Å²) in [6.45, 7) is 4.13. The van der Waals surface area contributed by atoms with Crippen LogP contribution in [0.1, 0.15) is 20.3 Å². The Morgan fingerprint density at radius 3 is 2.17 bits per heavy atom. The lowest BCUT2D eigenvalue weighted by Gasteiger charge is -2.22. The Labute approximate surface area is 149 Å². The van der Waals surface area contributed by atoms with Crippen molar-refractivity contribution in [3.8, 4) is 11.5 Å². The van der Waals surface area contributed by atoms with Gasteiger partial charge in [-0.25, -0.2) is 17.1 Å². The second-order valence-corrected chi connectivity index (χ2v) is 7.67. The molecule has 1 aromatic rings. The van der Waals surface area contributed by atoms with Crippen molar-refractivity contribution in [1.29, 1.82) is 0 Å². The number of rotatable bonds is 8. The van der Waals surface area contributed by atoms with Crippen molar-refractivity contribution in [2.45, 2.75) is 31.2 Å². The van der Waals surface area contributed by atoms with E-state index in [1.165, 1.54) is 21.3 Å². The van der Waals surface area contributed by atoms with Crippen molar-refractivity contribution in [3.05, 3.63) is 17.9 Å². The molecule has 0 aliphatic rings. The van der Waals surface area contributed by atoms with Crippen LogP contribution in [0.15, 0.2) is 17.0 Å². The van der Waals surface area contributed by atoms with E-state index in [9.17, 15) is 12.8 Å². The summed E-state index contributed by atoms with van der Waals surface area (Å²) in [6, 6.07) is 2.00. The first kappa shape index (κ1) is 22.9. The predicted molar refractivity (Wildman–Crippen MR) is 94.0 cm³/mol. The molecule has 0 spiro atoms. The highest BCUT2D eigenvalue weighted by molar-refractivity contribution is 7.89. The fourth-order valence-electron chi connectivity index (χ4n) is 1.99. The lowest BCUT2D eigenvalue weighted by atomic mass is 10.0. The van der Waals surface area contributed by atoms with E-state index in [1.807, 2.05) is 13.8 Å². The molecule has 0 aliphatic heterocycles. The van der Waals surface area contributed by atoms with Gasteiger partial charge in [0.05, 0.1) is 14.2 Å². The fourth-order valence-corrected chi connectivity index (χ4v) is 3.23. The molecular formula is C15H26ClFN2O4S. The Hall–Kier alpha value is -1.09. The number of methoxy groups -OCH3 is 2. The van der Waals surface area contributed by atoms with Gasteiger partial charge in [-0.2, -0.15) is 0 Å². The number of hydrogen-bond donors (Lipinski definition) is 1. The third-order valence-electron chi connectivity index (χ3n) is 3.76. The summed E-state index contributed by atoms with van der Waals surface area (Å²) in [4.78, 5) is -0.448. The highest BCUT2D eigenvalue weighted by atomic mass is 35.5. The van der Waals surface area contributed by atoms with Crippen LogP contribution in [-0.2, 0) is 10.0 Å². The van der Waals surface area contributed by atoms with Gasteiger partial charge in [0.1, 0.15) is 10.7 Å². The van der Waals surface area contributed by atoms with Crippen molar-refractivity contribution >= 4 is 22.4 Å². The molecule has 0 bridgehead atoms. The van der Waals surface area contributed by atoms with Crippen LogP contribution in [0.2, 0.25) is 0 Å². The molecule has 1 atom stereocenters. The normalized spacial score (nSPS) is 12.9. The van der Waals surface area contributed by atoms with Crippen LogP contribution in [-0.4, -0.2) is 46.6 Å². The van der Waals surface area contributed by atoms with Gasteiger partial charge < -0.3 is 15.2 Å². The molecule has 6 nitrogen and oxygen atoms in total. The first-order valence-electron chi connectivity index (χ1n) is 7.28. The van der Waals surface area contributed by atoms with Gasteiger partial charge in [-0.1, -0.05) is 13.8 Å². The smallest absolute Gasteiger partial charge is 0.245 e. The zero-order valence-electron chi connectivity index (χ0n) is 14.6. The molecule has 0 heterocycles. The maximum absolute atomic E-state index is 14.2. The molecule has 0 aliphatic carbocycles. The standard InChI is InChI=1S/C15H25FN2O4S.ClH/c1-10(2)12(17)6-7-18(3)23(19,20)15-9-14(22-5)13(21-4)8-11(15)16;/h8-10,12H,6-7,17H2,1-5H3;1H. The van der Waals surface area contributed by atoms with E-state index in [1.54, 1.807) is 0 Å². The van der Waals surface area contributed by atoms with Gasteiger partial charge in [0.25, 0.3) is 0 Å². The predicted octanol–water partition coefficient (Wildman–Crippen LogP) is 2.26. The van der Waals surface area contributed by atoms with Crippen LogP contribution in [0.4, 0.5) is 4.39 Å². The van der Waals surface area contributed by atoms with Crippen molar-refractivity contribution in [1.82, 2.24) is 4.31 Å². The minimum absolute atomic E-state index is 0. The van der Waals surface area contributed by atoms with Crippen LogP contribution in [0.3, 0.4) is 0 Å². The van der Waals surface area contributed by atoms with Crippen LogP contribution in [0, 0.1) is 11.7 Å². The summed E-state index contributed by atoms with van der Waals surface area (Å²) < 4.78 is 50.4. The van der Waals surface area contributed by atoms with Crippen LogP contribution in [0.5, 0.6) is 11.5 Å². The zero-order valence-corrected chi connectivity index (χ0v) is 16.2. The number of sulfonamides is 1. The third kappa shape index (κ3) is 5.20. The molecule has 1 aromatic carbocycles. The van der Waals surface area contributed by atoms with E-state index in [-0.39, 0.29) is 42.4 Å². The Morgan fingerprint density at radius 1 is 1.21 bits per heavy atom. The molecule has 2 N–H and O–H groups in total. The summed E-state index contributed by atoms with van der Waals surface area (Å²) in [7, 11) is 0.131. The summed E-state index contributed by atoms with van der Waals surface area (Å²) in [5.41, 5.74) is 5.93. The van der Waals surface area contributed by atoms with Gasteiger partial charge >= 0.3 is 0 Å². The Morgan fingerprint density at radius 2 is 1.71 bits per heavy atom. The number of halogens is 2. The Kier molecular flexibility index (Phi) is 8.98. The largest absolute Gasteiger partial charge is 0.493 e. The molecular weight excluding hydrogens is 359 g/mol. The number of ether oxygens (including phenoxy) is 2. The summed E-state index contributed by atoms with van der Waals surface area (Å²) >= 11 is 0. The maximum Gasteiger partial charge on any atom is 0.245 e. The lowest BCUT2D eigenvalue weighted by molar-refractivity contribution is 0.349. The molecule has 0 aromatic heterocycles. The highest BCUT2D eigenvalue weighted by Crippen LogP contribution is 2.32. The lowest BCUT2D eigenvalue weighted by Crippen LogP contribution is -2.35. The second-order valence-electron chi connectivity index (χ2n) is 5.66. The Bertz CT molecular complexity index is 641. The molecule has 0 radical (unpaired) electrons. The summed E-state index contributed by atoms with van der Waals surface area (Å²) in [5.74, 6) is -0.361. The maximum atomic E-state index is 14.2. The van der Waals surface area contributed by atoms with Crippen LogP contribution in [0.25, 0.3) is 0 Å². The van der Waals surface area contributed by atoms with Crippen LogP contribution >= 0.6 is 12.4 Å². The van der Waals surface area contributed by atoms with E-state index in [4.69, 9.17) is 15.2 Å². The summed E-state index contributed by atoms with van der Waals surface area (Å²) in [6.07, 6.45) is 0.488. The summed E-state index contributed by atoms with van der Waals surface area (Å²) in [5, 5.41) is 0. The Balaban J connectivity index is 0.00000529. The molecule has 1 unspecified atom stereocenters. The third-order valence-corrected chi connectivity index (χ3v) is 5.63. The fraction of sp³-hybridized carbons (Fsp3) is 0.600. The highest BCUT2D eigenvalue weighted by Gasteiger charge is 2.27. The van der Waals surface area contributed by atoms with Crippen molar-refractivity contribution in [2.75, 3.05) is 27.8 Å². The second kappa shape index (κ2) is 9.41. The molecule has 0 amide bonds. The van der Waals surface area contributed by atoms with Crippen molar-refractivity contribution < 1.29 is 22.3 Å². The molecule has 24 heavy (non-hydrogen) atoms. The molecule has 9 heteroatoms. The van der Waals surface area contributed by atoms with Crippen molar-refractivity contribution in [2.24, 2.45) is 11.7 Å². The van der Waals surface area contributed by atoms with Gasteiger partial charge in [0.15, 0.2) is 11.5 Å². The number of nitrogens with two attached hydrogens (primary N) is 1. The van der Waals surface area contributed by atoms with E-state index in [2.05, 4.69) is 0 Å². The number of hydrogen-bond acceptors (Lipinski definition) is 5. The number of benzene rings is 1. The van der Waals surface area contributed by atoms with E-state index >= 15 is 0 Å². The van der Waals surface area contributed by atoms with Gasteiger partial charge in [-0.15, -0.1) is 12.4 Å². The monoisotopic (exact) mass is 384 g/mol. The van der Waals surface area contributed by atoms with E-state index < -0.39 is 20.7 Å². The molecule has 0 saturated heterocycles. The van der Waals surface area contributed by atoms with Crippen LogP contribution < -0.4 is 15.2 Å². The average molecular weight is 385 g/mol. The quantitative estimate of drug-likeness (QED) is 0.743. The van der Waals surface area contributed by atoms with E-state index in [0.29, 0.717) is 6.42 Å². The first-order valence-corrected chi connectivity index (χ1v) is 8.72. The molecule has 0 saturated carbocycles. The minimum atomic E-state index is -3.98. The van der Waals surface area contributed by atoms with Gasteiger partial charge in [0.2, 0.25) is 10.0 Å². The number of nitrogens with zero attached hydrogens (tertiary/aromatic N) is 1. The minimum Gasteiger partial charge on any atom is -0.493 e. The zero-order chi connectivity index (χ0) is 17.8. The van der Waals surface area contributed by atoms with Crippen molar-refractivity contribution in [3.63, 3.8) is 0 Å². The van der Waals surface area contributed by atoms with Gasteiger partial charge in [0, 0.05) is 31.8 Å². The van der Waals surface area contributed by atoms with Gasteiger partial charge in [-0.05, 0) is 12.3 Å². The SMILES string of the molecule is COc1cc(F)c(S(=O)(=O)N(C)CCC(N)C(C)C)cc1OC.Cl. The average Bonchev–Trinajstić information content (AvgIpc) is 2.51. The first-order chi connectivity index (χ1) is 10.6. The molecule has 1 rings (SSSR count). The topological polar surface area (TPSA) is 81.9 Å². The molecule has 140 valence electrons. The van der Waals surface area contributed by atoms with Gasteiger partial charge in [-0.3, -0.25) is 0 Å².